The number of nitrogens with zero attached hydrogens (tertiary/aromatic N) is 1. The second-order valence-electron chi connectivity index (χ2n) is 5.66. The molecule has 0 aliphatic heterocycles. The highest BCUT2D eigenvalue weighted by molar-refractivity contribution is 7.98. The smallest absolute Gasteiger partial charge is 0.0470 e. The van der Waals surface area contributed by atoms with Crippen LogP contribution in [-0.4, -0.2) is 36.5 Å². The third-order valence-electron chi connectivity index (χ3n) is 4.19. The molecule has 1 saturated carbocycles. The number of hydrogen-bond donors (Lipinski definition) is 1. The summed E-state index contributed by atoms with van der Waals surface area (Å²) in [5.74, 6) is 1.98. The molecule has 2 N–H and O–H groups in total. The van der Waals surface area contributed by atoms with Gasteiger partial charge < -0.3 is 5.73 Å². The highest BCUT2D eigenvalue weighted by Gasteiger charge is 2.24. The number of thioether (sulfide) groups is 1. The third-order valence-corrected chi connectivity index (χ3v) is 5.00. The quantitative estimate of drug-likeness (QED) is 0.830. The molecule has 3 heteroatoms. The maximum atomic E-state index is 6.00. The summed E-state index contributed by atoms with van der Waals surface area (Å²) in [5, 5.41) is 0. The van der Waals surface area contributed by atoms with Gasteiger partial charge in [-0.3, -0.25) is 4.90 Å². The van der Waals surface area contributed by atoms with Crippen molar-refractivity contribution in [1.29, 1.82) is 0 Å². The van der Waals surface area contributed by atoms with E-state index in [-0.39, 0.29) is 0 Å². The minimum Gasteiger partial charge on any atom is -0.329 e. The van der Waals surface area contributed by atoms with Crippen LogP contribution in [0.3, 0.4) is 0 Å². The molecule has 19 heavy (non-hydrogen) atoms. The minimum absolute atomic E-state index is 0.329. The van der Waals surface area contributed by atoms with E-state index in [0.29, 0.717) is 18.6 Å². The number of nitrogens with two attached hydrogens (primary N) is 1. The molecular weight excluding hydrogens is 252 g/mol. The number of benzene rings is 1. The van der Waals surface area contributed by atoms with Crippen LogP contribution in [0.4, 0.5) is 0 Å². The van der Waals surface area contributed by atoms with Gasteiger partial charge in [0, 0.05) is 24.4 Å². The molecule has 2 rings (SSSR count). The summed E-state index contributed by atoms with van der Waals surface area (Å²) in [4.78, 5) is 2.41. The molecule has 0 aromatic heterocycles. The van der Waals surface area contributed by atoms with Crippen LogP contribution in [0, 0.1) is 0 Å². The molecule has 2 unspecified atom stereocenters. The van der Waals surface area contributed by atoms with Crippen molar-refractivity contribution < 1.29 is 0 Å². The predicted octanol–water partition coefficient (Wildman–Crippen LogP) is 3.25. The van der Waals surface area contributed by atoms with Gasteiger partial charge in [-0.25, -0.2) is 0 Å². The minimum atomic E-state index is 0.329. The molecule has 1 fully saturated rings. The van der Waals surface area contributed by atoms with Crippen LogP contribution >= 0.6 is 11.8 Å². The van der Waals surface area contributed by atoms with Gasteiger partial charge >= 0.3 is 0 Å². The fourth-order valence-electron chi connectivity index (χ4n) is 2.61. The van der Waals surface area contributed by atoms with Gasteiger partial charge in [0.25, 0.3) is 0 Å². The summed E-state index contributed by atoms with van der Waals surface area (Å²) in [6.07, 6.45) is 4.89. The van der Waals surface area contributed by atoms with Gasteiger partial charge in [-0.05, 0) is 50.1 Å². The number of rotatable bonds is 7. The van der Waals surface area contributed by atoms with E-state index >= 15 is 0 Å². The molecule has 0 saturated heterocycles. The molecule has 0 amide bonds. The maximum Gasteiger partial charge on any atom is 0.0470 e. The predicted molar refractivity (Wildman–Crippen MR) is 85.8 cm³/mol. The molecule has 1 aromatic rings. The lowest BCUT2D eigenvalue weighted by Gasteiger charge is -2.32. The molecule has 2 nitrogen and oxygen atoms in total. The normalized spacial score (nSPS) is 18.6. The van der Waals surface area contributed by atoms with Gasteiger partial charge in [-0.1, -0.05) is 24.3 Å². The topological polar surface area (TPSA) is 29.3 Å². The molecule has 1 aliphatic rings. The van der Waals surface area contributed by atoms with Gasteiger partial charge in [0.1, 0.15) is 0 Å². The van der Waals surface area contributed by atoms with Gasteiger partial charge in [-0.15, -0.1) is 0 Å². The van der Waals surface area contributed by atoms with E-state index in [4.69, 9.17) is 5.73 Å². The first-order valence-electron chi connectivity index (χ1n) is 7.18. The highest BCUT2D eigenvalue weighted by atomic mass is 32.2. The zero-order valence-corrected chi connectivity index (χ0v) is 13.1. The number of likely N-dealkylation sites (N-methyl/N-ethyl adjacent to an activating group) is 1. The van der Waals surface area contributed by atoms with Crippen molar-refractivity contribution in [3.8, 4) is 0 Å². The van der Waals surface area contributed by atoms with E-state index in [1.165, 1.54) is 24.0 Å². The Bertz CT molecular complexity index is 386. The molecule has 0 bridgehead atoms. The van der Waals surface area contributed by atoms with Gasteiger partial charge in [0.2, 0.25) is 0 Å². The fourth-order valence-corrected chi connectivity index (χ4v) is 3.33. The second kappa shape index (κ2) is 6.78. The van der Waals surface area contributed by atoms with Crippen LogP contribution in [0.15, 0.2) is 24.3 Å². The van der Waals surface area contributed by atoms with Gasteiger partial charge in [0.15, 0.2) is 0 Å². The lowest BCUT2D eigenvalue weighted by molar-refractivity contribution is 0.204. The van der Waals surface area contributed by atoms with Crippen molar-refractivity contribution >= 4 is 11.8 Å². The molecule has 2 atom stereocenters. The molecule has 1 aliphatic carbocycles. The van der Waals surface area contributed by atoms with Crippen LogP contribution < -0.4 is 5.73 Å². The van der Waals surface area contributed by atoms with Crippen LogP contribution in [0.2, 0.25) is 0 Å². The van der Waals surface area contributed by atoms with Crippen molar-refractivity contribution in [2.45, 2.75) is 37.8 Å². The van der Waals surface area contributed by atoms with Crippen LogP contribution in [-0.2, 0) is 0 Å². The summed E-state index contributed by atoms with van der Waals surface area (Å²) in [7, 11) is 2.19. The Kier molecular flexibility index (Phi) is 5.31. The van der Waals surface area contributed by atoms with Crippen molar-refractivity contribution in [3.63, 3.8) is 0 Å². The standard InChI is InChI=1S/C16H26N2S/c1-12(11-19-3)18(2)16(10-17)15-8-6-14(7-9-15)13-4-5-13/h6-9,12-13,16H,4-5,10-11,17H2,1-3H3. The monoisotopic (exact) mass is 278 g/mol. The van der Waals surface area contributed by atoms with E-state index in [1.54, 1.807) is 0 Å². The molecule has 1 aromatic carbocycles. The molecule has 0 heterocycles. The third kappa shape index (κ3) is 3.74. The summed E-state index contributed by atoms with van der Waals surface area (Å²) in [6, 6.07) is 10.0. The second-order valence-corrected chi connectivity index (χ2v) is 6.57. The molecule has 0 spiro atoms. The van der Waals surface area contributed by atoms with Crippen LogP contribution in [0.5, 0.6) is 0 Å². The van der Waals surface area contributed by atoms with Crippen LogP contribution in [0.1, 0.15) is 42.9 Å². The Hall–Kier alpha value is -0.510. The van der Waals surface area contributed by atoms with Crippen LogP contribution in [0.25, 0.3) is 0 Å². The Morgan fingerprint density at radius 2 is 1.95 bits per heavy atom. The maximum absolute atomic E-state index is 6.00. The van der Waals surface area contributed by atoms with E-state index in [1.807, 2.05) is 11.8 Å². The van der Waals surface area contributed by atoms with Crippen molar-refractivity contribution in [2.75, 3.05) is 25.6 Å². The zero-order valence-electron chi connectivity index (χ0n) is 12.3. The van der Waals surface area contributed by atoms with Gasteiger partial charge in [0.05, 0.1) is 0 Å². The van der Waals surface area contributed by atoms with Crippen molar-refractivity contribution in [2.24, 2.45) is 5.73 Å². The Morgan fingerprint density at radius 1 is 1.32 bits per heavy atom. The largest absolute Gasteiger partial charge is 0.329 e. The van der Waals surface area contributed by atoms with Crippen molar-refractivity contribution in [3.05, 3.63) is 35.4 Å². The lowest BCUT2D eigenvalue weighted by atomic mass is 10.0. The highest BCUT2D eigenvalue weighted by Crippen LogP contribution is 2.40. The lowest BCUT2D eigenvalue weighted by Crippen LogP contribution is -2.38. The summed E-state index contributed by atoms with van der Waals surface area (Å²) < 4.78 is 0. The first-order chi connectivity index (χ1) is 9.17. The first-order valence-corrected chi connectivity index (χ1v) is 8.57. The van der Waals surface area contributed by atoms with E-state index < -0.39 is 0 Å². The fraction of sp³-hybridized carbons (Fsp3) is 0.625. The molecule has 106 valence electrons. The first kappa shape index (κ1) is 14.9. The molecule has 0 radical (unpaired) electrons. The zero-order chi connectivity index (χ0) is 13.8. The summed E-state index contributed by atoms with van der Waals surface area (Å²) in [5.41, 5.74) is 8.85. The molecular formula is C16H26N2S. The van der Waals surface area contributed by atoms with E-state index in [0.717, 1.165) is 11.7 Å². The Labute approximate surface area is 121 Å². The van der Waals surface area contributed by atoms with E-state index in [9.17, 15) is 0 Å². The Morgan fingerprint density at radius 3 is 2.42 bits per heavy atom. The Balaban J connectivity index is 2.07. The van der Waals surface area contributed by atoms with Gasteiger partial charge in [-0.2, -0.15) is 11.8 Å². The average Bonchev–Trinajstić information content (AvgIpc) is 3.25. The van der Waals surface area contributed by atoms with E-state index in [2.05, 4.69) is 49.4 Å². The average molecular weight is 278 g/mol. The summed E-state index contributed by atoms with van der Waals surface area (Å²) >= 11 is 1.89. The SMILES string of the molecule is CSCC(C)N(C)C(CN)c1ccc(C2CC2)cc1. The summed E-state index contributed by atoms with van der Waals surface area (Å²) in [6.45, 7) is 2.95. The number of hydrogen-bond acceptors (Lipinski definition) is 3. The van der Waals surface area contributed by atoms with Crippen molar-refractivity contribution in [1.82, 2.24) is 4.90 Å².